The van der Waals surface area contributed by atoms with Crippen LogP contribution in [0.25, 0.3) is 0 Å². The Hall–Kier alpha value is -1.90. The van der Waals surface area contributed by atoms with Crippen LogP contribution in [-0.4, -0.2) is 16.7 Å². The first-order valence-corrected chi connectivity index (χ1v) is 5.87. The second kappa shape index (κ2) is 4.95. The minimum absolute atomic E-state index is 0.146. The zero-order valence-electron chi connectivity index (χ0n) is 9.85. The molecule has 1 heterocycles. The van der Waals surface area contributed by atoms with Gasteiger partial charge < -0.3 is 0 Å². The van der Waals surface area contributed by atoms with Crippen LogP contribution in [0.15, 0.2) is 42.1 Å². The molecule has 3 heteroatoms. The van der Waals surface area contributed by atoms with Gasteiger partial charge in [-0.2, -0.15) is 0 Å². The van der Waals surface area contributed by atoms with Crippen molar-refractivity contribution in [2.45, 2.75) is 26.2 Å². The van der Waals surface area contributed by atoms with Crippen LogP contribution in [0, 0.1) is 0 Å². The number of imide groups is 1. The van der Waals surface area contributed by atoms with Gasteiger partial charge in [0.05, 0.1) is 0 Å². The van der Waals surface area contributed by atoms with Gasteiger partial charge >= 0.3 is 0 Å². The van der Waals surface area contributed by atoms with Crippen molar-refractivity contribution < 1.29 is 9.59 Å². The third kappa shape index (κ3) is 2.28. The fraction of sp³-hybridized carbons (Fsp3) is 0.286. The van der Waals surface area contributed by atoms with Crippen molar-refractivity contribution in [1.29, 1.82) is 0 Å². The van der Waals surface area contributed by atoms with Gasteiger partial charge in [0, 0.05) is 17.3 Å². The monoisotopic (exact) mass is 229 g/mol. The molecule has 17 heavy (non-hydrogen) atoms. The molecule has 0 unspecified atom stereocenters. The number of carbonyl (C=O) groups excluding carboxylic acids is 2. The van der Waals surface area contributed by atoms with E-state index in [1.54, 1.807) is 30.5 Å². The predicted octanol–water partition coefficient (Wildman–Crippen LogP) is 2.74. The van der Waals surface area contributed by atoms with Crippen molar-refractivity contribution in [3.63, 3.8) is 0 Å². The van der Waals surface area contributed by atoms with E-state index < -0.39 is 0 Å². The van der Waals surface area contributed by atoms with Gasteiger partial charge in [-0.05, 0) is 25.0 Å². The third-order valence-electron chi connectivity index (χ3n) is 2.82. The van der Waals surface area contributed by atoms with E-state index in [1.807, 2.05) is 6.07 Å². The lowest BCUT2D eigenvalue weighted by Gasteiger charge is -2.27. The number of hydrogen-bond donors (Lipinski definition) is 0. The Bertz CT molecular complexity index is 462. The summed E-state index contributed by atoms with van der Waals surface area (Å²) in [5.41, 5.74) is 1.31. The normalized spacial score (nSPS) is 14.3. The largest absolute Gasteiger partial charge is 0.269 e. The highest BCUT2D eigenvalue weighted by Crippen LogP contribution is 2.23. The minimum atomic E-state index is -0.240. The van der Waals surface area contributed by atoms with Crippen LogP contribution in [0.2, 0.25) is 0 Å². The summed E-state index contributed by atoms with van der Waals surface area (Å²) in [6, 6.07) is 8.86. The quantitative estimate of drug-likeness (QED) is 0.744. The van der Waals surface area contributed by atoms with Gasteiger partial charge in [0.2, 0.25) is 0 Å². The van der Waals surface area contributed by atoms with Crippen molar-refractivity contribution in [2.75, 3.05) is 0 Å². The van der Waals surface area contributed by atoms with Crippen LogP contribution >= 0.6 is 0 Å². The van der Waals surface area contributed by atoms with Crippen LogP contribution in [0.1, 0.15) is 36.5 Å². The Kier molecular flexibility index (Phi) is 3.38. The molecule has 0 fully saturated rings. The molecule has 1 aromatic carbocycles. The summed E-state index contributed by atoms with van der Waals surface area (Å²) in [4.78, 5) is 24.8. The highest BCUT2D eigenvalue weighted by Gasteiger charge is 2.31. The van der Waals surface area contributed by atoms with E-state index in [0.29, 0.717) is 5.56 Å². The van der Waals surface area contributed by atoms with Crippen molar-refractivity contribution in [1.82, 2.24) is 4.90 Å². The first-order valence-electron chi connectivity index (χ1n) is 5.87. The molecular weight excluding hydrogens is 214 g/mol. The van der Waals surface area contributed by atoms with Gasteiger partial charge in [0.25, 0.3) is 11.8 Å². The molecule has 3 nitrogen and oxygen atoms in total. The van der Waals surface area contributed by atoms with Crippen LogP contribution < -0.4 is 0 Å². The van der Waals surface area contributed by atoms with Crippen molar-refractivity contribution in [3.8, 4) is 0 Å². The number of rotatable bonds is 4. The standard InChI is InChI=1S/C14H15NO2/c1-2-3-7-12-10-15(14(12)17)13(16)11-8-5-4-6-9-11/h4-6,8-10H,2-3,7H2,1H3. The molecule has 0 saturated heterocycles. The van der Waals surface area contributed by atoms with Crippen molar-refractivity contribution in [2.24, 2.45) is 0 Å². The third-order valence-corrected chi connectivity index (χ3v) is 2.82. The Morgan fingerprint density at radius 1 is 1.24 bits per heavy atom. The van der Waals surface area contributed by atoms with Crippen molar-refractivity contribution >= 4 is 11.8 Å². The van der Waals surface area contributed by atoms with Crippen LogP contribution in [-0.2, 0) is 4.79 Å². The van der Waals surface area contributed by atoms with Crippen LogP contribution in [0.4, 0.5) is 0 Å². The lowest BCUT2D eigenvalue weighted by atomic mass is 10.0. The number of nitrogens with zero attached hydrogens (tertiary/aromatic N) is 1. The summed E-state index contributed by atoms with van der Waals surface area (Å²) in [5.74, 6) is -0.386. The zero-order valence-corrected chi connectivity index (χ0v) is 9.85. The van der Waals surface area contributed by atoms with E-state index in [1.165, 1.54) is 4.90 Å². The van der Waals surface area contributed by atoms with Gasteiger partial charge in [0.15, 0.2) is 0 Å². The van der Waals surface area contributed by atoms with Gasteiger partial charge in [0.1, 0.15) is 0 Å². The Morgan fingerprint density at radius 2 is 1.94 bits per heavy atom. The summed E-state index contributed by atoms with van der Waals surface area (Å²) in [7, 11) is 0. The molecule has 0 bridgehead atoms. The fourth-order valence-corrected chi connectivity index (χ4v) is 1.77. The number of carbonyl (C=O) groups is 2. The summed E-state index contributed by atoms with van der Waals surface area (Å²) in [6.45, 7) is 2.08. The number of hydrogen-bond acceptors (Lipinski definition) is 2. The van der Waals surface area contributed by atoms with E-state index in [4.69, 9.17) is 0 Å². The number of amides is 2. The van der Waals surface area contributed by atoms with Crippen LogP contribution in [0.3, 0.4) is 0 Å². The first kappa shape index (κ1) is 11.6. The Morgan fingerprint density at radius 3 is 2.53 bits per heavy atom. The highest BCUT2D eigenvalue weighted by molar-refractivity contribution is 6.15. The highest BCUT2D eigenvalue weighted by atomic mass is 16.2. The Balaban J connectivity index is 2.05. The molecule has 1 aromatic rings. The second-order valence-corrected chi connectivity index (χ2v) is 4.10. The van der Waals surface area contributed by atoms with Crippen molar-refractivity contribution in [3.05, 3.63) is 47.7 Å². The molecule has 1 aliphatic heterocycles. The smallest absolute Gasteiger partial charge is 0.264 e. The van der Waals surface area contributed by atoms with Gasteiger partial charge in [-0.25, -0.2) is 4.90 Å². The number of unbranched alkanes of at least 4 members (excludes halogenated alkanes) is 1. The SMILES string of the molecule is CCCCC1=CN(C(=O)c2ccccc2)C1=O. The zero-order chi connectivity index (χ0) is 12.3. The maximum atomic E-state index is 11.9. The first-order chi connectivity index (χ1) is 8.24. The Labute approximate surface area is 101 Å². The summed E-state index contributed by atoms with van der Waals surface area (Å²) in [6.07, 6.45) is 4.48. The topological polar surface area (TPSA) is 37.4 Å². The molecule has 0 saturated carbocycles. The maximum absolute atomic E-state index is 11.9. The predicted molar refractivity (Wildman–Crippen MR) is 65.2 cm³/mol. The van der Waals surface area contributed by atoms with E-state index in [2.05, 4.69) is 6.92 Å². The molecule has 2 amide bonds. The summed E-state index contributed by atoms with van der Waals surface area (Å²) in [5, 5.41) is 0. The second-order valence-electron chi connectivity index (χ2n) is 4.10. The van der Waals surface area contributed by atoms with E-state index >= 15 is 0 Å². The van der Waals surface area contributed by atoms with Crippen LogP contribution in [0.5, 0.6) is 0 Å². The molecule has 0 atom stereocenters. The molecule has 0 N–H and O–H groups in total. The van der Waals surface area contributed by atoms with Gasteiger partial charge in [-0.3, -0.25) is 9.59 Å². The summed E-state index contributed by atoms with van der Waals surface area (Å²) < 4.78 is 0. The molecule has 0 radical (unpaired) electrons. The lowest BCUT2D eigenvalue weighted by molar-refractivity contribution is -0.125. The molecule has 0 aromatic heterocycles. The van der Waals surface area contributed by atoms with E-state index in [0.717, 1.165) is 24.8 Å². The molecule has 1 aliphatic rings. The summed E-state index contributed by atoms with van der Waals surface area (Å²) >= 11 is 0. The fourth-order valence-electron chi connectivity index (χ4n) is 1.77. The van der Waals surface area contributed by atoms with Gasteiger partial charge in [-0.15, -0.1) is 0 Å². The molecule has 2 rings (SSSR count). The lowest BCUT2D eigenvalue weighted by Crippen LogP contribution is -2.41. The van der Waals surface area contributed by atoms with E-state index in [-0.39, 0.29) is 11.8 Å². The molecular formula is C14H15NO2. The molecule has 88 valence electrons. The van der Waals surface area contributed by atoms with Gasteiger partial charge in [-0.1, -0.05) is 31.5 Å². The molecule has 0 aliphatic carbocycles. The average molecular weight is 229 g/mol. The molecule has 0 spiro atoms. The average Bonchev–Trinajstić information content (AvgIpc) is 2.38. The van der Waals surface area contributed by atoms with E-state index in [9.17, 15) is 9.59 Å². The number of benzene rings is 1. The minimum Gasteiger partial charge on any atom is -0.269 e. The maximum Gasteiger partial charge on any atom is 0.264 e.